The summed E-state index contributed by atoms with van der Waals surface area (Å²) in [5, 5.41) is 10.7. The molecular formula is C23H31NO6. The van der Waals surface area contributed by atoms with Crippen molar-refractivity contribution in [1.82, 2.24) is 4.90 Å². The maximum absolute atomic E-state index is 10.7. The maximum atomic E-state index is 10.7. The summed E-state index contributed by atoms with van der Waals surface area (Å²) in [6.07, 6.45) is -0.112. The van der Waals surface area contributed by atoms with E-state index in [1.54, 1.807) is 40.6 Å². The molecule has 0 amide bonds. The first-order chi connectivity index (χ1) is 14.6. The summed E-state index contributed by atoms with van der Waals surface area (Å²) in [7, 11) is 6.52. The topological polar surface area (TPSA) is 69.6 Å². The highest BCUT2D eigenvalue weighted by Crippen LogP contribution is 2.32. The number of likely N-dealkylation sites (tertiary alicyclic amines) is 1. The van der Waals surface area contributed by atoms with Gasteiger partial charge in [0.1, 0.15) is 23.7 Å². The average molecular weight is 418 g/mol. The molecule has 0 aliphatic carbocycles. The van der Waals surface area contributed by atoms with Gasteiger partial charge >= 0.3 is 0 Å². The quantitative estimate of drug-likeness (QED) is 0.673. The number of hydrogen-bond acceptors (Lipinski definition) is 7. The van der Waals surface area contributed by atoms with E-state index in [0.29, 0.717) is 30.4 Å². The molecule has 2 aromatic carbocycles. The monoisotopic (exact) mass is 417 g/mol. The number of nitrogens with zero attached hydrogens (tertiary/aromatic N) is 1. The molecule has 0 aromatic heterocycles. The highest BCUT2D eigenvalue weighted by molar-refractivity contribution is 5.45. The average Bonchev–Trinajstić information content (AvgIpc) is 2.76. The lowest BCUT2D eigenvalue weighted by atomic mass is 10.0. The molecule has 0 radical (unpaired) electrons. The fourth-order valence-electron chi connectivity index (χ4n) is 3.78. The standard InChI is InChI=1S/C23H31NO6/c1-26-15-17-11-16(5-7-20(17)27-2)13-24-10-9-21(19(25)14-24)30-18-6-8-22(28-3)23(12-18)29-4/h5-8,11-12,19,21,25H,9-10,13-15H2,1-4H3/t19-,21-/m1/s1. The summed E-state index contributed by atoms with van der Waals surface area (Å²) in [5.41, 5.74) is 2.18. The van der Waals surface area contributed by atoms with Gasteiger partial charge in [-0.2, -0.15) is 0 Å². The number of rotatable bonds is 9. The van der Waals surface area contributed by atoms with Crippen LogP contribution in [0.5, 0.6) is 23.0 Å². The van der Waals surface area contributed by atoms with Crippen molar-refractivity contribution in [2.24, 2.45) is 0 Å². The zero-order valence-corrected chi connectivity index (χ0v) is 18.1. The molecule has 1 heterocycles. The largest absolute Gasteiger partial charge is 0.496 e. The van der Waals surface area contributed by atoms with E-state index in [1.807, 2.05) is 12.1 Å². The van der Waals surface area contributed by atoms with Crippen molar-refractivity contribution in [3.8, 4) is 23.0 Å². The van der Waals surface area contributed by atoms with Crippen molar-refractivity contribution < 1.29 is 28.8 Å². The Hall–Kier alpha value is -2.48. The molecule has 1 aliphatic heterocycles. The smallest absolute Gasteiger partial charge is 0.164 e. The van der Waals surface area contributed by atoms with Crippen LogP contribution in [0.1, 0.15) is 17.5 Å². The van der Waals surface area contributed by atoms with E-state index in [2.05, 4.69) is 17.0 Å². The van der Waals surface area contributed by atoms with E-state index in [9.17, 15) is 5.11 Å². The molecule has 0 unspecified atom stereocenters. The van der Waals surface area contributed by atoms with Crippen LogP contribution in [0.4, 0.5) is 0 Å². The van der Waals surface area contributed by atoms with Crippen molar-refractivity contribution in [2.45, 2.75) is 31.8 Å². The number of hydrogen-bond donors (Lipinski definition) is 1. The van der Waals surface area contributed by atoms with E-state index in [1.165, 1.54) is 0 Å². The molecule has 0 saturated carbocycles. The Kier molecular flexibility index (Phi) is 7.79. The molecule has 0 spiro atoms. The third kappa shape index (κ3) is 5.36. The molecule has 3 rings (SSSR count). The minimum Gasteiger partial charge on any atom is -0.496 e. The maximum Gasteiger partial charge on any atom is 0.164 e. The summed E-state index contributed by atoms with van der Waals surface area (Å²) in [4.78, 5) is 2.23. The molecule has 1 aliphatic rings. The summed E-state index contributed by atoms with van der Waals surface area (Å²) in [5.74, 6) is 2.73. The molecule has 2 atom stereocenters. The zero-order valence-electron chi connectivity index (χ0n) is 18.1. The second kappa shape index (κ2) is 10.5. The van der Waals surface area contributed by atoms with Gasteiger partial charge in [-0.3, -0.25) is 4.90 Å². The fourth-order valence-corrected chi connectivity index (χ4v) is 3.78. The van der Waals surface area contributed by atoms with Crippen LogP contribution in [-0.4, -0.2) is 63.7 Å². The third-order valence-corrected chi connectivity index (χ3v) is 5.30. The predicted octanol–water partition coefficient (Wildman–Crippen LogP) is 2.87. The van der Waals surface area contributed by atoms with Crippen LogP contribution in [0.15, 0.2) is 36.4 Å². The lowest BCUT2D eigenvalue weighted by Crippen LogP contribution is -2.48. The molecule has 1 saturated heterocycles. The van der Waals surface area contributed by atoms with Crippen LogP contribution >= 0.6 is 0 Å². The first kappa shape index (κ1) is 22.2. The predicted molar refractivity (Wildman–Crippen MR) is 114 cm³/mol. The number of β-amino-alcohol motifs (C(OH)–C–C–N with tert-alkyl or cyclic N) is 1. The fraction of sp³-hybridized carbons (Fsp3) is 0.478. The van der Waals surface area contributed by atoms with E-state index in [-0.39, 0.29) is 6.10 Å². The first-order valence-electron chi connectivity index (χ1n) is 10.0. The van der Waals surface area contributed by atoms with E-state index >= 15 is 0 Å². The van der Waals surface area contributed by atoms with Crippen molar-refractivity contribution in [2.75, 3.05) is 41.5 Å². The highest BCUT2D eigenvalue weighted by Gasteiger charge is 2.29. The summed E-state index contributed by atoms with van der Waals surface area (Å²) < 4.78 is 27.3. The Morgan fingerprint density at radius 3 is 2.33 bits per heavy atom. The van der Waals surface area contributed by atoms with Gasteiger partial charge in [-0.1, -0.05) is 6.07 Å². The molecule has 30 heavy (non-hydrogen) atoms. The van der Waals surface area contributed by atoms with Gasteiger partial charge in [0.25, 0.3) is 0 Å². The molecule has 7 nitrogen and oxygen atoms in total. The van der Waals surface area contributed by atoms with E-state index < -0.39 is 6.10 Å². The molecule has 1 fully saturated rings. The van der Waals surface area contributed by atoms with Gasteiger partial charge in [-0.25, -0.2) is 0 Å². The van der Waals surface area contributed by atoms with E-state index in [4.69, 9.17) is 23.7 Å². The van der Waals surface area contributed by atoms with Gasteiger partial charge in [-0.15, -0.1) is 0 Å². The van der Waals surface area contributed by atoms with Gasteiger partial charge in [0.2, 0.25) is 0 Å². The minimum atomic E-state index is -0.580. The van der Waals surface area contributed by atoms with Crippen LogP contribution < -0.4 is 18.9 Å². The van der Waals surface area contributed by atoms with E-state index in [0.717, 1.165) is 36.4 Å². The number of aliphatic hydroxyl groups excluding tert-OH is 1. The van der Waals surface area contributed by atoms with Gasteiger partial charge in [-0.05, 0) is 36.2 Å². The number of methoxy groups -OCH3 is 4. The SMILES string of the molecule is COCc1cc(CN2CC[C@@H](Oc3ccc(OC)c(OC)c3)[C@H](O)C2)ccc1OC. The van der Waals surface area contributed by atoms with Crippen LogP contribution in [0.2, 0.25) is 0 Å². The normalized spacial score (nSPS) is 19.4. The molecule has 1 N–H and O–H groups in total. The summed E-state index contributed by atoms with van der Waals surface area (Å²) in [6.45, 7) is 2.63. The molecular weight excluding hydrogens is 386 g/mol. The van der Waals surface area contributed by atoms with Gasteiger partial charge < -0.3 is 28.8 Å². The Morgan fingerprint density at radius 1 is 0.933 bits per heavy atom. The molecule has 0 bridgehead atoms. The second-order valence-electron chi connectivity index (χ2n) is 7.34. The zero-order chi connectivity index (χ0) is 21.5. The lowest BCUT2D eigenvalue weighted by Gasteiger charge is -2.36. The molecule has 7 heteroatoms. The van der Waals surface area contributed by atoms with Gasteiger partial charge in [0.15, 0.2) is 11.5 Å². The Morgan fingerprint density at radius 2 is 1.67 bits per heavy atom. The summed E-state index contributed by atoms with van der Waals surface area (Å²) >= 11 is 0. The Labute approximate surface area is 178 Å². The van der Waals surface area contributed by atoms with Crippen molar-refractivity contribution in [3.63, 3.8) is 0 Å². The van der Waals surface area contributed by atoms with Crippen LogP contribution in [0, 0.1) is 0 Å². The first-order valence-corrected chi connectivity index (χ1v) is 10.0. The third-order valence-electron chi connectivity index (χ3n) is 5.30. The highest BCUT2D eigenvalue weighted by atomic mass is 16.5. The van der Waals surface area contributed by atoms with Gasteiger partial charge in [0, 0.05) is 38.4 Å². The van der Waals surface area contributed by atoms with Crippen LogP contribution in [0.25, 0.3) is 0 Å². The van der Waals surface area contributed by atoms with Crippen molar-refractivity contribution in [3.05, 3.63) is 47.5 Å². The number of piperidine rings is 1. The number of ether oxygens (including phenoxy) is 5. The molecule has 2 aromatic rings. The minimum absolute atomic E-state index is 0.265. The van der Waals surface area contributed by atoms with Gasteiger partial charge in [0.05, 0.1) is 27.9 Å². The van der Waals surface area contributed by atoms with Crippen LogP contribution in [0.3, 0.4) is 0 Å². The Bertz CT molecular complexity index is 827. The second-order valence-corrected chi connectivity index (χ2v) is 7.34. The lowest BCUT2D eigenvalue weighted by molar-refractivity contribution is -0.0275. The number of aliphatic hydroxyl groups is 1. The molecule has 164 valence electrons. The van der Waals surface area contributed by atoms with Crippen LogP contribution in [-0.2, 0) is 17.9 Å². The Balaban J connectivity index is 1.59. The number of benzene rings is 2. The van der Waals surface area contributed by atoms with Crippen molar-refractivity contribution in [1.29, 1.82) is 0 Å². The summed E-state index contributed by atoms with van der Waals surface area (Å²) in [6, 6.07) is 11.5. The van der Waals surface area contributed by atoms with Crippen molar-refractivity contribution >= 4 is 0 Å².